The van der Waals surface area contributed by atoms with E-state index in [1.807, 2.05) is 6.92 Å². The summed E-state index contributed by atoms with van der Waals surface area (Å²) in [6.07, 6.45) is 12.7. The molecule has 19 heteroatoms. The molecule has 75 heavy (non-hydrogen) atoms. The topological polar surface area (TPSA) is 239 Å². The monoisotopic (exact) mass is 1110 g/mol. The Balaban J connectivity index is 0.811. The van der Waals surface area contributed by atoms with Crippen LogP contribution in [0.15, 0.2) is 33.9 Å². The van der Waals surface area contributed by atoms with Crippen molar-refractivity contribution in [3.05, 3.63) is 33.9 Å². The number of hydrogen-bond acceptors (Lipinski definition) is 13. The first-order valence-electron chi connectivity index (χ1n) is 28.5. The maximum atomic E-state index is 12.4. The molecular weight excluding hydrogens is 1020 g/mol. The molecule has 4 heterocycles. The third-order valence-corrected chi connectivity index (χ3v) is 25.5. The first-order chi connectivity index (χ1) is 34.7. The summed E-state index contributed by atoms with van der Waals surface area (Å²) in [6.45, 7) is 22.7. The van der Waals surface area contributed by atoms with Crippen molar-refractivity contribution in [2.24, 2.45) is 80.8 Å². The molecule has 1 spiro atoms. The summed E-state index contributed by atoms with van der Waals surface area (Å²) in [4.78, 5) is 0. The Morgan fingerprint density at radius 1 is 0.747 bits per heavy atom. The van der Waals surface area contributed by atoms with Gasteiger partial charge in [0.2, 0.25) is 0 Å². The Kier molecular flexibility index (Phi) is 13.4. The summed E-state index contributed by atoms with van der Waals surface area (Å²) in [5.74, 6) is -0.162. The highest BCUT2D eigenvalue weighted by Crippen LogP contribution is 2.71. The van der Waals surface area contributed by atoms with Crippen molar-refractivity contribution in [1.29, 1.82) is 0 Å². The summed E-state index contributed by atoms with van der Waals surface area (Å²) >= 11 is 0. The molecule has 21 atom stereocenters. The Labute approximate surface area is 447 Å². The molecule has 4 bridgehead atoms. The molecule has 12 rings (SSSR count). The molecule has 0 aromatic heterocycles. The fourth-order valence-corrected chi connectivity index (χ4v) is 22.3. The number of hydrogen-bond donors (Lipinski definition) is 4. The molecule has 16 nitrogen and oxygen atoms in total. The molecule has 8 aliphatic carbocycles. The van der Waals surface area contributed by atoms with Gasteiger partial charge in [-0.15, -0.1) is 0 Å². The van der Waals surface area contributed by atoms with Crippen molar-refractivity contribution in [3.8, 4) is 0 Å². The molecule has 0 amide bonds. The van der Waals surface area contributed by atoms with Crippen LogP contribution in [-0.4, -0.2) is 98.1 Å². The maximum Gasteiger partial charge on any atom is 0.397 e. The van der Waals surface area contributed by atoms with Crippen LogP contribution < -0.4 is 0 Å². The van der Waals surface area contributed by atoms with Gasteiger partial charge in [0, 0.05) is 35.0 Å². The van der Waals surface area contributed by atoms with Crippen LogP contribution in [0.2, 0.25) is 0 Å². The second-order valence-electron chi connectivity index (χ2n) is 27.8. The van der Waals surface area contributed by atoms with E-state index in [1.54, 1.807) is 6.92 Å². The van der Waals surface area contributed by atoms with E-state index in [-0.39, 0.29) is 58.7 Å². The van der Waals surface area contributed by atoms with Crippen molar-refractivity contribution in [2.45, 2.75) is 226 Å². The van der Waals surface area contributed by atoms with E-state index in [2.05, 4.69) is 61.5 Å². The van der Waals surface area contributed by atoms with Gasteiger partial charge in [0.1, 0.15) is 12.2 Å². The van der Waals surface area contributed by atoms with Crippen LogP contribution in [0.3, 0.4) is 0 Å². The third-order valence-electron chi connectivity index (χ3n) is 24.1. The van der Waals surface area contributed by atoms with Crippen molar-refractivity contribution in [1.82, 2.24) is 0 Å². The zero-order valence-electron chi connectivity index (χ0n) is 45.9. The molecule has 0 radical (unpaired) electrons. The predicted octanol–water partition coefficient (Wildman–Crippen LogP) is 10.1. The molecule has 4 saturated heterocycles. The number of ether oxygens (including phenoxy) is 3. The molecular formula is C56H86O16S3. The van der Waals surface area contributed by atoms with Crippen LogP contribution >= 0.6 is 0 Å². The van der Waals surface area contributed by atoms with E-state index >= 15 is 0 Å². The van der Waals surface area contributed by atoms with Crippen LogP contribution in [0.1, 0.15) is 178 Å². The zero-order valence-corrected chi connectivity index (χ0v) is 48.3. The lowest BCUT2D eigenvalue weighted by Crippen LogP contribution is -2.67. The summed E-state index contributed by atoms with van der Waals surface area (Å²) < 4.78 is 139. The molecule has 8 fully saturated rings. The summed E-state index contributed by atoms with van der Waals surface area (Å²) in [6, 6.07) is 0. The van der Waals surface area contributed by atoms with E-state index < -0.39 is 77.6 Å². The van der Waals surface area contributed by atoms with Gasteiger partial charge in [0.25, 0.3) is 0 Å². The van der Waals surface area contributed by atoms with Gasteiger partial charge in [-0.05, 0) is 176 Å². The number of fused-ring (bicyclic) bond motifs is 10. The standard InChI is InChI=1S/C56H86O16S3/c1-30(37-14-16-41-36-26-45(69-73(58,59)60)48-33(4)56(57)24-23-55(48,29-67-56)43(36)20-22-51(37,41)7)11-18-47-54(10)27-34(50(5,6)72-54)25-44(68-47)31(2)38-15-17-40-35-12-13-39-32(3)49(71-75(64,65)66)46(70-74(61,62)63)28-53(39,9)42(35)19-21-52(38,40)8/h13,30-34,37-38,40-41,44-49,57H,11-12,14-29H2,1-10H3,(H,58,59,60)(H,61,62,63)(H,64,65,66)/t30-,31+,32-,33?,34+,37-,38-,40?,41?,44-,45+,46+,47+,48?,49-,51-,52-,53+,54+,55+,56+/m1/s1. The van der Waals surface area contributed by atoms with Gasteiger partial charge in [0.05, 0.1) is 36.1 Å². The molecule has 4 unspecified atom stereocenters. The second kappa shape index (κ2) is 18.1. The molecule has 0 aromatic rings. The summed E-state index contributed by atoms with van der Waals surface area (Å²) in [5.41, 5.74) is 4.45. The Morgan fingerprint density at radius 2 is 1.36 bits per heavy atom. The smallest absolute Gasteiger partial charge is 0.372 e. The largest absolute Gasteiger partial charge is 0.397 e. The molecule has 4 saturated carbocycles. The van der Waals surface area contributed by atoms with E-state index in [0.717, 1.165) is 82.6 Å². The van der Waals surface area contributed by atoms with Crippen molar-refractivity contribution >= 4 is 31.2 Å². The van der Waals surface area contributed by atoms with Crippen molar-refractivity contribution in [2.75, 3.05) is 6.61 Å². The number of rotatable bonds is 12. The van der Waals surface area contributed by atoms with Gasteiger partial charge in [0.15, 0.2) is 5.79 Å². The third kappa shape index (κ3) is 8.92. The number of allylic oxidation sites excluding steroid dienone is 3. The van der Waals surface area contributed by atoms with Crippen LogP contribution in [-0.2, 0) is 58.0 Å². The summed E-state index contributed by atoms with van der Waals surface area (Å²) in [7, 11) is -14.7. The molecule has 424 valence electrons. The quantitative estimate of drug-likeness (QED) is 0.105. The van der Waals surface area contributed by atoms with Crippen LogP contribution in [0, 0.1) is 80.8 Å². The average molecular weight is 1110 g/mol. The molecule has 12 aliphatic rings. The Hall–Kier alpha value is -1.33. The van der Waals surface area contributed by atoms with Crippen LogP contribution in [0.5, 0.6) is 0 Å². The summed E-state index contributed by atoms with van der Waals surface area (Å²) in [5, 5.41) is 11.5. The molecule has 0 aromatic carbocycles. The fraction of sp³-hybridized carbons (Fsp3) is 0.893. The lowest BCUT2D eigenvalue weighted by molar-refractivity contribution is -0.341. The zero-order chi connectivity index (χ0) is 54.2. The maximum absolute atomic E-state index is 12.4. The highest BCUT2D eigenvalue weighted by molar-refractivity contribution is 7.81. The van der Waals surface area contributed by atoms with Crippen LogP contribution in [0.4, 0.5) is 0 Å². The van der Waals surface area contributed by atoms with Gasteiger partial charge in [-0.3, -0.25) is 13.7 Å². The van der Waals surface area contributed by atoms with Gasteiger partial charge in [-0.25, -0.2) is 12.5 Å². The predicted molar refractivity (Wildman–Crippen MR) is 277 cm³/mol. The van der Waals surface area contributed by atoms with Gasteiger partial charge >= 0.3 is 31.2 Å². The van der Waals surface area contributed by atoms with E-state index in [4.69, 9.17) is 26.8 Å². The van der Waals surface area contributed by atoms with Gasteiger partial charge in [-0.2, -0.15) is 25.3 Å². The SMILES string of the molecule is CC1C2[C@@H](OS(=O)(=O)O)CC3=C(CC[C@@]4(C)C3CC[C@@H]4[C@H](C)CC[C@@H]3O[C@@H]([C@@H](C)[C@H]4CCC5C6=C(CC[C@@]54C)[C@@]4(C)C[C@H](OS(=O)(=O)O)[C@H](OS(=O)(=O)O)[C@H](C)C4=CC6)C[C@H]4C[C@]3(C)OC4(C)C)[C@@]23CC[C@]1(O)OC3. The van der Waals surface area contributed by atoms with E-state index in [1.165, 1.54) is 22.3 Å². The minimum Gasteiger partial charge on any atom is -0.372 e. The van der Waals surface area contributed by atoms with Crippen molar-refractivity contribution in [3.63, 3.8) is 0 Å². The van der Waals surface area contributed by atoms with Crippen molar-refractivity contribution < 1.29 is 70.8 Å². The Bertz CT molecular complexity index is 2760. The molecule has 4 N–H and O–H groups in total. The number of aliphatic hydroxyl groups is 1. The normalized spacial score (nSPS) is 48.9. The van der Waals surface area contributed by atoms with E-state index in [9.17, 15) is 44.0 Å². The Morgan fingerprint density at radius 3 is 2.00 bits per heavy atom. The average Bonchev–Trinajstić information content (AvgIpc) is 3.87. The van der Waals surface area contributed by atoms with Gasteiger partial charge in [-0.1, -0.05) is 82.4 Å². The lowest BCUT2D eigenvalue weighted by atomic mass is 9.46. The molecule has 4 aliphatic heterocycles. The van der Waals surface area contributed by atoms with Gasteiger partial charge < -0.3 is 19.3 Å². The first kappa shape index (κ1) is 55.6. The highest BCUT2D eigenvalue weighted by atomic mass is 32.3. The minimum atomic E-state index is -4.98. The fourth-order valence-electron chi connectivity index (χ4n) is 20.7. The highest BCUT2D eigenvalue weighted by Gasteiger charge is 2.68. The van der Waals surface area contributed by atoms with Crippen LogP contribution in [0.25, 0.3) is 0 Å². The second-order valence-corrected chi connectivity index (χ2v) is 31.0. The lowest BCUT2D eigenvalue weighted by Gasteiger charge is -2.65. The first-order valence-corrected chi connectivity index (χ1v) is 32.6. The van der Waals surface area contributed by atoms with E-state index in [0.29, 0.717) is 61.9 Å². The minimum absolute atomic E-state index is 0.00468.